The van der Waals surface area contributed by atoms with Crippen molar-refractivity contribution in [2.24, 2.45) is 5.73 Å². The lowest BCUT2D eigenvalue weighted by Crippen LogP contribution is -2.20. The Balaban J connectivity index is 1.54. The molecule has 0 saturated carbocycles. The van der Waals surface area contributed by atoms with Crippen molar-refractivity contribution in [1.82, 2.24) is 28.9 Å². The predicted molar refractivity (Wildman–Crippen MR) is 193 cm³/mol. The van der Waals surface area contributed by atoms with Crippen molar-refractivity contribution in [2.45, 2.75) is 73.0 Å². The first-order valence-corrected chi connectivity index (χ1v) is 17.0. The number of nitrogens with zero attached hydrogens (tertiary/aromatic N) is 6. The first kappa shape index (κ1) is 35.6. The number of unbranched alkanes of at least 4 members (excludes halogenated alkanes) is 2. The van der Waals surface area contributed by atoms with Gasteiger partial charge >= 0.3 is 0 Å². The van der Waals surface area contributed by atoms with Crippen molar-refractivity contribution in [3.8, 4) is 11.5 Å². The van der Waals surface area contributed by atoms with E-state index in [-0.39, 0.29) is 17.4 Å². The van der Waals surface area contributed by atoms with Gasteiger partial charge in [-0.05, 0) is 57.0 Å². The minimum absolute atomic E-state index is 0.253. The van der Waals surface area contributed by atoms with E-state index in [1.807, 2.05) is 35.1 Å². The Morgan fingerprint density at radius 1 is 0.860 bits per heavy atom. The molecular formula is C36H45N9O5. The molecule has 5 rings (SSSR count). The van der Waals surface area contributed by atoms with Crippen molar-refractivity contribution in [3.63, 3.8) is 0 Å². The summed E-state index contributed by atoms with van der Waals surface area (Å²) in [4.78, 5) is 47.0. The van der Waals surface area contributed by atoms with Crippen LogP contribution >= 0.6 is 0 Å². The summed E-state index contributed by atoms with van der Waals surface area (Å²) < 4.78 is 17.8. The Bertz CT molecular complexity index is 2040. The maximum absolute atomic E-state index is 13.6. The molecule has 0 atom stereocenters. The molecule has 0 aliphatic heterocycles. The molecule has 4 N–H and O–H groups in total. The molecule has 0 radical (unpaired) electrons. The quantitative estimate of drug-likeness (QED) is 0.0592. The summed E-state index contributed by atoms with van der Waals surface area (Å²) >= 11 is 0. The fourth-order valence-corrected chi connectivity index (χ4v) is 5.70. The third-order valence-electron chi connectivity index (χ3n) is 8.19. The maximum Gasteiger partial charge on any atom is 0.276 e. The third kappa shape index (κ3) is 7.64. The lowest BCUT2D eigenvalue weighted by molar-refractivity contribution is 0.0995. The van der Waals surface area contributed by atoms with Crippen LogP contribution in [-0.4, -0.2) is 67.2 Å². The second-order valence-corrected chi connectivity index (χ2v) is 11.9. The van der Waals surface area contributed by atoms with E-state index >= 15 is 0 Å². The molecule has 5 aromatic rings. The van der Waals surface area contributed by atoms with E-state index in [1.54, 1.807) is 42.1 Å². The van der Waals surface area contributed by atoms with Crippen LogP contribution in [0.1, 0.15) is 83.4 Å². The van der Waals surface area contributed by atoms with Gasteiger partial charge in [-0.15, -0.1) is 0 Å². The first-order chi connectivity index (χ1) is 24.2. The molecule has 50 heavy (non-hydrogen) atoms. The summed E-state index contributed by atoms with van der Waals surface area (Å²) in [5, 5.41) is 10.5. The lowest BCUT2D eigenvalue weighted by atomic mass is 10.1. The van der Waals surface area contributed by atoms with Gasteiger partial charge in [-0.1, -0.05) is 38.8 Å². The van der Waals surface area contributed by atoms with Crippen LogP contribution in [0.3, 0.4) is 0 Å². The highest BCUT2D eigenvalue weighted by molar-refractivity contribution is 6.04. The third-order valence-corrected chi connectivity index (χ3v) is 8.19. The number of ether oxygens (including phenoxy) is 2. The molecule has 0 fully saturated rings. The van der Waals surface area contributed by atoms with Gasteiger partial charge in [-0.3, -0.25) is 24.4 Å². The predicted octanol–water partition coefficient (Wildman–Crippen LogP) is 5.73. The van der Waals surface area contributed by atoms with E-state index in [1.165, 1.54) is 0 Å². The van der Waals surface area contributed by atoms with Crippen LogP contribution in [-0.2, 0) is 19.6 Å². The number of anilines is 2. The van der Waals surface area contributed by atoms with Crippen molar-refractivity contribution < 1.29 is 23.9 Å². The van der Waals surface area contributed by atoms with Crippen molar-refractivity contribution in [3.05, 3.63) is 65.0 Å². The highest BCUT2D eigenvalue weighted by atomic mass is 16.5. The number of carbonyl (C=O) groups is 3. The number of aromatic nitrogens is 6. The van der Waals surface area contributed by atoms with Crippen LogP contribution in [0.15, 0.2) is 42.5 Å². The zero-order chi connectivity index (χ0) is 35.8. The van der Waals surface area contributed by atoms with Crippen molar-refractivity contribution in [1.29, 1.82) is 0 Å². The summed E-state index contributed by atoms with van der Waals surface area (Å²) in [5.41, 5.74) is 10.0. The number of rotatable bonds is 18. The normalized spacial score (nSPS) is 11.5. The number of nitrogens with one attached hydrogen (secondary N) is 2. The van der Waals surface area contributed by atoms with Crippen LogP contribution in [0.25, 0.3) is 22.1 Å². The molecule has 14 nitrogen and oxygen atoms in total. The average Bonchev–Trinajstić information content (AvgIpc) is 3.78. The SMILES string of the molecule is CCCCOc1cc(C=O)cc2nc(NC)n(C/C=C/Cn3c(NC(=O)c4cc(C)nn4CC)nc4cc(C(N)=O)cc(OCCCC)c43)c12. The number of hydrogen-bond donors (Lipinski definition) is 3. The molecule has 3 aromatic heterocycles. The van der Waals surface area contributed by atoms with Gasteiger partial charge in [0, 0.05) is 37.8 Å². The number of aryl methyl sites for hydroxylation is 2. The molecule has 0 aliphatic carbocycles. The number of amides is 2. The summed E-state index contributed by atoms with van der Waals surface area (Å²) in [6, 6.07) is 8.43. The highest BCUT2D eigenvalue weighted by Crippen LogP contribution is 2.33. The van der Waals surface area contributed by atoms with Gasteiger partial charge in [-0.25, -0.2) is 9.97 Å². The summed E-state index contributed by atoms with van der Waals surface area (Å²) in [6.45, 7) is 10.1. The number of allylic oxidation sites excluding steroid dienone is 2. The first-order valence-electron chi connectivity index (χ1n) is 17.0. The second-order valence-electron chi connectivity index (χ2n) is 11.9. The topological polar surface area (TPSA) is 173 Å². The summed E-state index contributed by atoms with van der Waals surface area (Å²) in [7, 11) is 1.79. The van der Waals surface area contributed by atoms with Crippen molar-refractivity contribution in [2.75, 3.05) is 30.9 Å². The van der Waals surface area contributed by atoms with E-state index in [4.69, 9.17) is 25.2 Å². The van der Waals surface area contributed by atoms with E-state index in [2.05, 4.69) is 29.6 Å². The van der Waals surface area contributed by atoms with Gasteiger partial charge in [0.25, 0.3) is 5.91 Å². The van der Waals surface area contributed by atoms with Gasteiger partial charge in [-0.2, -0.15) is 5.10 Å². The summed E-state index contributed by atoms with van der Waals surface area (Å²) in [5.74, 6) is 0.939. The van der Waals surface area contributed by atoms with Gasteiger partial charge in [0.05, 0.1) is 29.9 Å². The Labute approximate surface area is 290 Å². The number of fused-ring (bicyclic) bond motifs is 2. The Kier molecular flexibility index (Phi) is 11.5. The van der Waals surface area contributed by atoms with E-state index in [9.17, 15) is 14.4 Å². The van der Waals surface area contributed by atoms with Crippen molar-refractivity contribution >= 4 is 52.1 Å². The molecular weight excluding hydrogens is 638 g/mol. The van der Waals surface area contributed by atoms with E-state index < -0.39 is 5.91 Å². The minimum atomic E-state index is -0.610. The van der Waals surface area contributed by atoms with Crippen LogP contribution in [0.4, 0.5) is 11.9 Å². The Hall–Kier alpha value is -5.66. The summed E-state index contributed by atoms with van der Waals surface area (Å²) in [6.07, 6.45) is 8.31. The Morgan fingerprint density at radius 2 is 1.46 bits per heavy atom. The Morgan fingerprint density at radius 3 is 2.04 bits per heavy atom. The number of benzene rings is 2. The molecule has 0 aliphatic rings. The molecule has 3 heterocycles. The zero-order valence-corrected chi connectivity index (χ0v) is 29.3. The zero-order valence-electron chi connectivity index (χ0n) is 29.3. The maximum atomic E-state index is 13.6. The molecule has 0 bridgehead atoms. The molecule has 0 spiro atoms. The fraction of sp³-hybridized carbons (Fsp3) is 0.389. The standard InChI is InChI=1S/C36H45N9O5/c1-6-9-15-49-29-19-24(22-46)18-26-31(29)43(35(38-5)39-26)13-11-12-14-44-32-27(20-25(33(37)47)21-30(32)50-16-10-7-2)40-36(44)41-34(48)28-17-23(4)42-45(28)8-3/h11-12,17-22H,6-10,13-16H2,1-5H3,(H2,37,47)(H,38,39)(H,40,41,48)/b12-11+. The lowest BCUT2D eigenvalue weighted by Gasteiger charge is -2.13. The average molecular weight is 684 g/mol. The molecule has 0 saturated heterocycles. The number of aldehydes is 1. The van der Waals surface area contributed by atoms with Gasteiger partial charge in [0.15, 0.2) is 0 Å². The molecule has 264 valence electrons. The number of nitrogens with two attached hydrogens (primary N) is 1. The van der Waals surface area contributed by atoms with Crippen LogP contribution in [0, 0.1) is 6.92 Å². The number of carbonyl (C=O) groups excluding carboxylic acids is 3. The number of primary amides is 1. The molecule has 2 aromatic carbocycles. The fourth-order valence-electron chi connectivity index (χ4n) is 5.70. The molecule has 2 amide bonds. The molecule has 14 heteroatoms. The van der Waals surface area contributed by atoms with Gasteiger partial charge < -0.3 is 29.7 Å². The van der Waals surface area contributed by atoms with Crippen LogP contribution in [0.2, 0.25) is 0 Å². The minimum Gasteiger partial charge on any atom is -0.491 e. The smallest absolute Gasteiger partial charge is 0.276 e. The van der Waals surface area contributed by atoms with Gasteiger partial charge in [0.1, 0.15) is 34.5 Å². The number of hydrogen-bond acceptors (Lipinski definition) is 9. The molecule has 0 unspecified atom stereocenters. The second kappa shape index (κ2) is 16.2. The monoisotopic (exact) mass is 683 g/mol. The number of imidazole rings is 2. The van der Waals surface area contributed by atoms with Crippen LogP contribution in [0.5, 0.6) is 11.5 Å². The largest absolute Gasteiger partial charge is 0.491 e. The van der Waals surface area contributed by atoms with E-state index in [0.717, 1.165) is 43.2 Å². The highest BCUT2D eigenvalue weighted by Gasteiger charge is 2.22. The van der Waals surface area contributed by atoms with E-state index in [0.29, 0.717) is 78.1 Å². The van der Waals surface area contributed by atoms with Crippen LogP contribution < -0.4 is 25.8 Å². The van der Waals surface area contributed by atoms with Gasteiger partial charge in [0.2, 0.25) is 17.8 Å².